The van der Waals surface area contributed by atoms with Crippen molar-refractivity contribution in [1.29, 1.82) is 0 Å². The lowest BCUT2D eigenvalue weighted by molar-refractivity contribution is 0.628. The predicted octanol–water partition coefficient (Wildman–Crippen LogP) is 2.71. The topological polar surface area (TPSA) is 26.0 Å². The van der Waals surface area contributed by atoms with Crippen LogP contribution in [0.3, 0.4) is 0 Å². The Bertz CT molecular complexity index is 212. The number of hydrogen-bond acceptors (Lipinski definition) is 1. The van der Waals surface area contributed by atoms with Gasteiger partial charge in [-0.25, -0.2) is 4.39 Å². The van der Waals surface area contributed by atoms with Gasteiger partial charge in [0.05, 0.1) is 15.7 Å². The van der Waals surface area contributed by atoms with Crippen LogP contribution in [0.15, 0.2) is 12.1 Å². The van der Waals surface area contributed by atoms with E-state index >= 15 is 0 Å². The van der Waals surface area contributed by atoms with Crippen molar-refractivity contribution in [1.82, 2.24) is 0 Å². The van der Waals surface area contributed by atoms with E-state index in [0.717, 1.165) is 6.07 Å². The molecule has 0 aliphatic heterocycles. The van der Waals surface area contributed by atoms with E-state index in [2.05, 4.69) is 0 Å². The molecule has 0 spiro atoms. The fourth-order valence-corrected chi connectivity index (χ4v) is 0.860. The van der Waals surface area contributed by atoms with Crippen LogP contribution in [-0.4, -0.2) is 0 Å². The van der Waals surface area contributed by atoms with Crippen molar-refractivity contribution in [3.63, 3.8) is 0 Å². The maximum atomic E-state index is 12.5. The molecule has 0 unspecified atom stereocenters. The van der Waals surface area contributed by atoms with Crippen molar-refractivity contribution in [3.05, 3.63) is 28.0 Å². The molecular formula is C6H4Cl2FN. The third kappa shape index (κ3) is 1.33. The van der Waals surface area contributed by atoms with Crippen LogP contribution in [0.25, 0.3) is 0 Å². The van der Waals surface area contributed by atoms with Crippen LogP contribution >= 0.6 is 23.2 Å². The average molecular weight is 180 g/mol. The summed E-state index contributed by atoms with van der Waals surface area (Å²) in [5.41, 5.74) is 5.59. The number of nitrogen functional groups attached to an aromatic ring is 1. The van der Waals surface area contributed by atoms with Crippen molar-refractivity contribution in [2.75, 3.05) is 5.73 Å². The van der Waals surface area contributed by atoms with Crippen LogP contribution in [0.1, 0.15) is 0 Å². The van der Waals surface area contributed by atoms with Gasteiger partial charge < -0.3 is 5.73 Å². The van der Waals surface area contributed by atoms with Crippen molar-refractivity contribution in [2.24, 2.45) is 0 Å². The van der Waals surface area contributed by atoms with Crippen molar-refractivity contribution < 1.29 is 4.39 Å². The number of anilines is 1. The minimum atomic E-state index is -0.555. The van der Waals surface area contributed by atoms with Crippen molar-refractivity contribution in [3.8, 4) is 0 Å². The Kier molecular flexibility index (Phi) is 2.02. The molecular weight excluding hydrogens is 176 g/mol. The summed E-state index contributed by atoms with van der Waals surface area (Å²) in [6.07, 6.45) is 0. The largest absolute Gasteiger partial charge is 0.397 e. The molecule has 4 heteroatoms. The molecule has 0 aliphatic carbocycles. The summed E-state index contributed by atoms with van der Waals surface area (Å²) in [5.74, 6) is -0.555. The lowest BCUT2D eigenvalue weighted by atomic mass is 10.3. The summed E-state index contributed by atoms with van der Waals surface area (Å²) in [7, 11) is 0. The average Bonchev–Trinajstić information content (AvgIpc) is 1.84. The Hall–Kier alpha value is -0.470. The summed E-state index contributed by atoms with van der Waals surface area (Å²) >= 11 is 10.8. The van der Waals surface area contributed by atoms with Crippen LogP contribution < -0.4 is 5.73 Å². The van der Waals surface area contributed by atoms with Crippen molar-refractivity contribution >= 4 is 28.9 Å². The van der Waals surface area contributed by atoms with Crippen LogP contribution in [0, 0.1) is 5.82 Å². The minimum Gasteiger partial charge on any atom is -0.397 e. The second kappa shape index (κ2) is 2.64. The van der Waals surface area contributed by atoms with Crippen LogP contribution in [0.4, 0.5) is 10.1 Å². The maximum Gasteiger partial charge on any atom is 0.143 e. The SMILES string of the molecule is Nc1cc(Cl)c(F)cc1Cl. The van der Waals surface area contributed by atoms with E-state index in [-0.39, 0.29) is 15.7 Å². The highest BCUT2D eigenvalue weighted by molar-refractivity contribution is 6.35. The first-order chi connectivity index (χ1) is 4.61. The molecule has 1 nitrogen and oxygen atoms in total. The monoisotopic (exact) mass is 179 g/mol. The second-order valence-electron chi connectivity index (χ2n) is 1.79. The Morgan fingerprint density at radius 3 is 2.30 bits per heavy atom. The predicted molar refractivity (Wildman–Crippen MR) is 40.8 cm³/mol. The molecule has 0 amide bonds. The molecule has 0 fully saturated rings. The van der Waals surface area contributed by atoms with E-state index < -0.39 is 5.82 Å². The van der Waals surface area contributed by atoms with Gasteiger partial charge >= 0.3 is 0 Å². The van der Waals surface area contributed by atoms with Gasteiger partial charge in [0.25, 0.3) is 0 Å². The van der Waals surface area contributed by atoms with Gasteiger partial charge in [0.15, 0.2) is 0 Å². The maximum absolute atomic E-state index is 12.5. The van der Waals surface area contributed by atoms with Gasteiger partial charge in [0.1, 0.15) is 5.82 Å². The zero-order valence-electron chi connectivity index (χ0n) is 4.87. The van der Waals surface area contributed by atoms with Crippen LogP contribution in [-0.2, 0) is 0 Å². The molecule has 10 heavy (non-hydrogen) atoms. The zero-order valence-corrected chi connectivity index (χ0v) is 6.38. The quantitative estimate of drug-likeness (QED) is 0.482. The van der Waals surface area contributed by atoms with Crippen LogP contribution in [0.2, 0.25) is 10.0 Å². The highest BCUT2D eigenvalue weighted by Crippen LogP contribution is 2.25. The smallest absolute Gasteiger partial charge is 0.143 e. The summed E-state index contributed by atoms with van der Waals surface area (Å²) < 4.78 is 12.5. The van der Waals surface area contributed by atoms with Crippen molar-refractivity contribution in [2.45, 2.75) is 0 Å². The molecule has 0 saturated heterocycles. The molecule has 1 aromatic carbocycles. The van der Waals surface area contributed by atoms with Crippen LogP contribution in [0.5, 0.6) is 0 Å². The van der Waals surface area contributed by atoms with Gasteiger partial charge in [-0.3, -0.25) is 0 Å². The highest BCUT2D eigenvalue weighted by Gasteiger charge is 2.02. The second-order valence-corrected chi connectivity index (χ2v) is 2.60. The van der Waals surface area contributed by atoms with E-state index in [1.54, 1.807) is 0 Å². The molecule has 54 valence electrons. The molecule has 0 saturated carbocycles. The molecule has 0 bridgehead atoms. The summed E-state index contributed by atoms with van der Waals surface area (Å²) in [5, 5.41) is 0.170. The Morgan fingerprint density at radius 1 is 1.20 bits per heavy atom. The number of benzene rings is 1. The van der Waals surface area contributed by atoms with E-state index in [4.69, 9.17) is 28.9 Å². The standard InChI is InChI=1S/C6H4Cl2FN/c7-3-2-6(10)4(8)1-5(3)9/h1-2H,10H2. The van der Waals surface area contributed by atoms with E-state index in [1.807, 2.05) is 0 Å². The fourth-order valence-electron chi connectivity index (χ4n) is 0.538. The molecule has 0 radical (unpaired) electrons. The first-order valence-electron chi connectivity index (χ1n) is 2.51. The lowest BCUT2D eigenvalue weighted by Gasteiger charge is -1.98. The number of nitrogens with two attached hydrogens (primary N) is 1. The Balaban J connectivity index is 3.28. The number of hydrogen-bond donors (Lipinski definition) is 1. The van der Waals surface area contributed by atoms with Gasteiger partial charge in [-0.15, -0.1) is 0 Å². The first-order valence-corrected chi connectivity index (χ1v) is 3.27. The molecule has 0 heterocycles. The molecule has 2 N–H and O–H groups in total. The third-order valence-electron chi connectivity index (χ3n) is 1.04. The number of rotatable bonds is 0. The first kappa shape index (κ1) is 7.63. The number of halogens is 3. The van der Waals surface area contributed by atoms with Gasteiger partial charge in [-0.2, -0.15) is 0 Å². The van der Waals surface area contributed by atoms with Gasteiger partial charge in [-0.1, -0.05) is 23.2 Å². The third-order valence-corrected chi connectivity index (χ3v) is 1.66. The van der Waals surface area contributed by atoms with Gasteiger partial charge in [-0.05, 0) is 12.1 Å². The lowest BCUT2D eigenvalue weighted by Crippen LogP contribution is -1.87. The summed E-state index contributed by atoms with van der Waals surface area (Å²) in [6.45, 7) is 0. The molecule has 0 atom stereocenters. The van der Waals surface area contributed by atoms with E-state index in [1.165, 1.54) is 6.07 Å². The molecule has 0 aromatic heterocycles. The molecule has 1 aromatic rings. The normalized spacial score (nSPS) is 9.90. The minimum absolute atomic E-state index is 0.0121. The Labute approximate surface area is 67.5 Å². The molecule has 0 aliphatic rings. The van der Waals surface area contributed by atoms with E-state index in [9.17, 15) is 4.39 Å². The van der Waals surface area contributed by atoms with Gasteiger partial charge in [0, 0.05) is 0 Å². The summed E-state index contributed by atoms with van der Waals surface area (Å²) in [6, 6.07) is 2.36. The van der Waals surface area contributed by atoms with Gasteiger partial charge in [0.2, 0.25) is 0 Å². The zero-order chi connectivity index (χ0) is 7.72. The fraction of sp³-hybridized carbons (Fsp3) is 0. The van der Waals surface area contributed by atoms with E-state index in [0.29, 0.717) is 0 Å². The molecule has 1 rings (SSSR count). The highest BCUT2D eigenvalue weighted by atomic mass is 35.5. The Morgan fingerprint density at radius 2 is 1.80 bits per heavy atom. The summed E-state index contributed by atoms with van der Waals surface area (Å²) in [4.78, 5) is 0.